The van der Waals surface area contributed by atoms with Gasteiger partial charge in [-0.3, -0.25) is 0 Å². The molecule has 0 heterocycles. The van der Waals surface area contributed by atoms with Gasteiger partial charge in [0.05, 0.1) is 5.60 Å². The minimum Gasteiger partial charge on any atom is -0.388 e. The highest BCUT2D eigenvalue weighted by Gasteiger charge is 2.94. The summed E-state index contributed by atoms with van der Waals surface area (Å²) < 4.78 is 40.3. The number of halogens is 3. The van der Waals surface area contributed by atoms with Crippen LogP contribution in [-0.2, 0) is 0 Å². The van der Waals surface area contributed by atoms with E-state index in [9.17, 15) is 18.3 Å². The molecule has 1 N–H and O–H groups in total. The molecule has 4 aliphatic rings. The Morgan fingerprint density at radius 1 is 1.00 bits per heavy atom. The first kappa shape index (κ1) is 12.2. The normalized spacial score (nSPS) is 55.4. The number of fused-ring (bicyclic) bond motifs is 4. The lowest BCUT2D eigenvalue weighted by molar-refractivity contribution is -0.198. The molecule has 3 saturated carbocycles. The van der Waals surface area contributed by atoms with E-state index < -0.39 is 23.1 Å². The maximum Gasteiger partial charge on any atom is 0.401 e. The van der Waals surface area contributed by atoms with Crippen LogP contribution in [0.4, 0.5) is 13.2 Å². The van der Waals surface area contributed by atoms with Crippen LogP contribution >= 0.6 is 0 Å². The molecule has 6 atom stereocenters. The van der Waals surface area contributed by atoms with Crippen molar-refractivity contribution in [3.63, 3.8) is 0 Å². The Bertz CT molecular complexity index is 443. The predicted octanol–water partition coefficient (Wildman–Crippen LogP) is 3.68. The molecule has 3 unspecified atom stereocenters. The maximum absolute atomic E-state index is 13.4. The molecule has 106 valence electrons. The van der Waals surface area contributed by atoms with Crippen LogP contribution in [-0.4, -0.2) is 16.9 Å². The number of aliphatic hydroxyl groups is 1. The molecule has 4 aliphatic carbocycles. The highest BCUT2D eigenvalue weighted by Crippen LogP contribution is 2.84. The molecule has 0 spiro atoms. The van der Waals surface area contributed by atoms with Crippen molar-refractivity contribution in [3.8, 4) is 0 Å². The number of hydrogen-bond acceptors (Lipinski definition) is 1. The largest absolute Gasteiger partial charge is 0.401 e. The van der Waals surface area contributed by atoms with Crippen LogP contribution in [0.1, 0.15) is 38.5 Å². The smallest absolute Gasteiger partial charge is 0.388 e. The van der Waals surface area contributed by atoms with E-state index in [1.165, 1.54) is 12.5 Å². The SMILES string of the molecule is O[C@@]12C3C=CC1(C(F)(F)F)C2[C@@H]1CCCCCC[C@H]31. The van der Waals surface area contributed by atoms with E-state index in [1.807, 2.05) is 0 Å². The van der Waals surface area contributed by atoms with E-state index >= 15 is 0 Å². The Kier molecular flexibility index (Phi) is 2.18. The van der Waals surface area contributed by atoms with Crippen molar-refractivity contribution in [2.24, 2.45) is 29.1 Å². The summed E-state index contributed by atoms with van der Waals surface area (Å²) in [5.74, 6) is -0.447. The van der Waals surface area contributed by atoms with E-state index in [0.717, 1.165) is 32.1 Å². The van der Waals surface area contributed by atoms with Gasteiger partial charge in [-0.25, -0.2) is 0 Å². The van der Waals surface area contributed by atoms with Crippen molar-refractivity contribution >= 4 is 0 Å². The fraction of sp³-hybridized carbons (Fsp3) is 0.867. The number of rotatable bonds is 0. The van der Waals surface area contributed by atoms with Gasteiger partial charge in [-0.05, 0) is 24.7 Å². The lowest BCUT2D eigenvalue weighted by atomic mass is 9.74. The Balaban J connectivity index is 1.73. The second kappa shape index (κ2) is 3.38. The Hall–Kier alpha value is -0.510. The molecule has 0 aromatic rings. The molecule has 0 radical (unpaired) electrons. The van der Waals surface area contributed by atoms with Crippen LogP contribution in [0.5, 0.6) is 0 Å². The van der Waals surface area contributed by atoms with Crippen LogP contribution in [0, 0.1) is 29.1 Å². The van der Waals surface area contributed by atoms with Crippen molar-refractivity contribution in [1.82, 2.24) is 0 Å². The molecule has 0 bridgehead atoms. The van der Waals surface area contributed by atoms with E-state index in [1.54, 1.807) is 6.08 Å². The van der Waals surface area contributed by atoms with Crippen molar-refractivity contribution in [1.29, 1.82) is 0 Å². The fourth-order valence-electron chi connectivity index (χ4n) is 5.69. The maximum atomic E-state index is 13.4. The average molecular weight is 272 g/mol. The zero-order valence-corrected chi connectivity index (χ0v) is 10.8. The van der Waals surface area contributed by atoms with Crippen LogP contribution < -0.4 is 0 Å². The molecule has 1 nitrogen and oxygen atoms in total. The van der Waals surface area contributed by atoms with Crippen LogP contribution in [0.15, 0.2) is 12.2 Å². The van der Waals surface area contributed by atoms with Crippen molar-refractivity contribution in [2.45, 2.75) is 50.3 Å². The Morgan fingerprint density at radius 2 is 1.63 bits per heavy atom. The van der Waals surface area contributed by atoms with Gasteiger partial charge in [0.15, 0.2) is 0 Å². The highest BCUT2D eigenvalue weighted by atomic mass is 19.4. The second-order valence-corrected chi connectivity index (χ2v) is 6.87. The first-order valence-corrected chi connectivity index (χ1v) is 7.43. The molecule has 0 aliphatic heterocycles. The Labute approximate surface area is 110 Å². The van der Waals surface area contributed by atoms with Gasteiger partial charge in [0.1, 0.15) is 5.41 Å². The molecular formula is C15H19F3O. The van der Waals surface area contributed by atoms with Gasteiger partial charge < -0.3 is 5.11 Å². The third-order valence-corrected chi connectivity index (χ3v) is 6.35. The number of alkyl halides is 3. The highest BCUT2D eigenvalue weighted by molar-refractivity contribution is 5.47. The molecule has 0 aromatic carbocycles. The zero-order valence-electron chi connectivity index (χ0n) is 10.8. The van der Waals surface area contributed by atoms with E-state index in [-0.39, 0.29) is 17.8 Å². The third kappa shape index (κ3) is 1.15. The van der Waals surface area contributed by atoms with Gasteiger partial charge in [0.25, 0.3) is 0 Å². The summed E-state index contributed by atoms with van der Waals surface area (Å²) >= 11 is 0. The second-order valence-electron chi connectivity index (χ2n) is 6.87. The standard InChI is InChI=1S/C15H19F3O/c16-15(17,18)13-8-7-11-9-5-3-1-2-4-6-10(9)12(13)14(11,13)19/h7-12,19H,1-6H2/t9-,10+,11?,12?,13?,14+/m0/s1. The minimum atomic E-state index is -4.30. The predicted molar refractivity (Wildman–Crippen MR) is 64.2 cm³/mol. The fourth-order valence-corrected chi connectivity index (χ4v) is 5.69. The van der Waals surface area contributed by atoms with Crippen LogP contribution in [0.25, 0.3) is 0 Å². The topological polar surface area (TPSA) is 20.2 Å². The quantitative estimate of drug-likeness (QED) is 0.667. The molecular weight excluding hydrogens is 253 g/mol. The summed E-state index contributed by atoms with van der Waals surface area (Å²) in [5.41, 5.74) is -3.39. The monoisotopic (exact) mass is 272 g/mol. The summed E-state index contributed by atoms with van der Waals surface area (Å²) in [6, 6.07) is 0. The van der Waals surface area contributed by atoms with Crippen molar-refractivity contribution in [2.75, 3.05) is 0 Å². The Morgan fingerprint density at radius 3 is 2.26 bits per heavy atom. The van der Waals surface area contributed by atoms with Crippen LogP contribution in [0.3, 0.4) is 0 Å². The average Bonchev–Trinajstić information content (AvgIpc) is 2.64. The molecule has 3 fully saturated rings. The van der Waals surface area contributed by atoms with Gasteiger partial charge in [-0.15, -0.1) is 0 Å². The van der Waals surface area contributed by atoms with Gasteiger partial charge in [0.2, 0.25) is 0 Å². The van der Waals surface area contributed by atoms with Gasteiger partial charge >= 0.3 is 6.18 Å². The molecule has 0 amide bonds. The van der Waals surface area contributed by atoms with E-state index in [0.29, 0.717) is 0 Å². The summed E-state index contributed by atoms with van der Waals surface area (Å²) in [6.07, 6.45) is 4.98. The summed E-state index contributed by atoms with van der Waals surface area (Å²) in [4.78, 5) is 0. The van der Waals surface area contributed by atoms with Gasteiger partial charge in [-0.1, -0.05) is 37.8 Å². The minimum absolute atomic E-state index is 0.0759. The van der Waals surface area contributed by atoms with E-state index in [4.69, 9.17) is 0 Å². The molecule has 4 rings (SSSR count). The van der Waals surface area contributed by atoms with Gasteiger partial charge in [-0.2, -0.15) is 13.2 Å². The van der Waals surface area contributed by atoms with E-state index in [2.05, 4.69) is 0 Å². The molecule has 4 heteroatoms. The molecule has 0 aromatic heterocycles. The van der Waals surface area contributed by atoms with Crippen molar-refractivity contribution in [3.05, 3.63) is 12.2 Å². The summed E-state index contributed by atoms with van der Waals surface area (Å²) in [5, 5.41) is 10.7. The van der Waals surface area contributed by atoms with Gasteiger partial charge in [0, 0.05) is 11.8 Å². The number of hydrogen-bond donors (Lipinski definition) is 1. The van der Waals surface area contributed by atoms with Crippen molar-refractivity contribution < 1.29 is 18.3 Å². The lowest BCUT2D eigenvalue weighted by Crippen LogP contribution is -2.37. The first-order chi connectivity index (χ1) is 8.94. The summed E-state index contributed by atoms with van der Waals surface area (Å²) in [7, 11) is 0. The first-order valence-electron chi connectivity index (χ1n) is 7.43. The lowest BCUT2D eigenvalue weighted by Gasteiger charge is -2.32. The molecule has 0 saturated heterocycles. The molecule has 19 heavy (non-hydrogen) atoms. The third-order valence-electron chi connectivity index (χ3n) is 6.35. The van der Waals surface area contributed by atoms with Crippen LogP contribution in [0.2, 0.25) is 0 Å². The zero-order chi connectivity index (χ0) is 13.5. The summed E-state index contributed by atoms with van der Waals surface area (Å²) in [6.45, 7) is 0.